The van der Waals surface area contributed by atoms with Gasteiger partial charge in [0.15, 0.2) is 6.29 Å². The third-order valence-corrected chi connectivity index (χ3v) is 5.12. The molecule has 0 aromatic heterocycles. The molecule has 0 bridgehead atoms. The van der Waals surface area contributed by atoms with Crippen molar-refractivity contribution in [3.63, 3.8) is 0 Å². The van der Waals surface area contributed by atoms with Crippen LogP contribution in [-0.4, -0.2) is 112 Å². The smallest absolute Gasteiger partial charge is 0.186 e. The summed E-state index contributed by atoms with van der Waals surface area (Å²) in [6, 6.07) is 0. The van der Waals surface area contributed by atoms with Crippen LogP contribution in [-0.2, 0) is 18.9 Å². The molecule has 10 heteroatoms. The minimum absolute atomic E-state index is 0.150. The predicted octanol–water partition coefficient (Wildman–Crippen LogP) is -2.65. The van der Waals surface area contributed by atoms with Crippen molar-refractivity contribution >= 4 is 0 Å². The Morgan fingerprint density at radius 3 is 2.07 bits per heavy atom. The van der Waals surface area contributed by atoms with Crippen LogP contribution in [0.3, 0.4) is 0 Å². The van der Waals surface area contributed by atoms with Gasteiger partial charge in [0.25, 0.3) is 0 Å². The minimum atomic E-state index is -1.44. The number of methoxy groups -OCH3 is 1. The zero-order valence-electron chi connectivity index (χ0n) is 15.8. The van der Waals surface area contributed by atoms with E-state index >= 15 is 0 Å². The van der Waals surface area contributed by atoms with E-state index in [1.165, 1.54) is 7.11 Å². The lowest BCUT2D eigenvalue weighted by Crippen LogP contribution is -2.63. The van der Waals surface area contributed by atoms with Crippen molar-refractivity contribution in [2.24, 2.45) is 5.92 Å². The molecule has 2 rings (SSSR count). The quantitative estimate of drug-likeness (QED) is 0.268. The molecule has 27 heavy (non-hydrogen) atoms. The van der Waals surface area contributed by atoms with Gasteiger partial charge in [0.2, 0.25) is 0 Å². The number of hydrogen-bond donors (Lipinski definition) is 6. The van der Waals surface area contributed by atoms with Gasteiger partial charge < -0.3 is 49.6 Å². The molecule has 1 saturated carbocycles. The molecule has 1 heterocycles. The molecule has 0 amide bonds. The molecule has 0 radical (unpaired) electrons. The molecule has 2 aliphatic rings. The van der Waals surface area contributed by atoms with Gasteiger partial charge in [-0.05, 0) is 20.3 Å². The van der Waals surface area contributed by atoms with Crippen molar-refractivity contribution < 1.29 is 49.6 Å². The van der Waals surface area contributed by atoms with Crippen molar-refractivity contribution in [1.29, 1.82) is 0 Å². The molecule has 2 fully saturated rings. The van der Waals surface area contributed by atoms with E-state index in [0.717, 1.165) is 0 Å². The Balaban J connectivity index is 2.13. The molecule has 1 aliphatic carbocycles. The van der Waals surface area contributed by atoms with Crippen molar-refractivity contribution in [2.45, 2.75) is 81.5 Å². The standard InChI is InChI=1S/C17H32O10/c1-7(2)25-15-8(5-18)4-9(11(20)12(15)21)26-16-10(6-19)27-17(24-3)14(23)13(16)22/h7-23H,4-6H2,1-3H3. The molecule has 1 aliphatic heterocycles. The highest BCUT2D eigenvalue weighted by molar-refractivity contribution is 4.97. The Labute approximate surface area is 158 Å². The second-order valence-corrected chi connectivity index (χ2v) is 7.39. The number of hydrogen-bond acceptors (Lipinski definition) is 10. The van der Waals surface area contributed by atoms with E-state index in [2.05, 4.69) is 0 Å². The van der Waals surface area contributed by atoms with Crippen LogP contribution in [0.25, 0.3) is 0 Å². The molecule has 0 aromatic rings. The van der Waals surface area contributed by atoms with Crippen LogP contribution in [0.5, 0.6) is 0 Å². The predicted molar refractivity (Wildman–Crippen MR) is 90.6 cm³/mol. The number of ether oxygens (including phenoxy) is 4. The maximum absolute atomic E-state index is 10.5. The fourth-order valence-corrected chi connectivity index (χ4v) is 3.70. The molecule has 0 spiro atoms. The van der Waals surface area contributed by atoms with Gasteiger partial charge >= 0.3 is 0 Å². The molecule has 0 aromatic carbocycles. The monoisotopic (exact) mass is 396 g/mol. The summed E-state index contributed by atoms with van der Waals surface area (Å²) in [6.45, 7) is 2.77. The number of rotatable bonds is 7. The molecular weight excluding hydrogens is 364 g/mol. The van der Waals surface area contributed by atoms with Crippen molar-refractivity contribution in [2.75, 3.05) is 20.3 Å². The third-order valence-electron chi connectivity index (χ3n) is 5.12. The summed E-state index contributed by atoms with van der Waals surface area (Å²) >= 11 is 0. The van der Waals surface area contributed by atoms with Crippen molar-refractivity contribution in [1.82, 2.24) is 0 Å². The molecule has 10 unspecified atom stereocenters. The molecular formula is C17H32O10. The summed E-state index contributed by atoms with van der Waals surface area (Å²) in [4.78, 5) is 0. The largest absolute Gasteiger partial charge is 0.396 e. The summed E-state index contributed by atoms with van der Waals surface area (Å²) in [5.41, 5.74) is 0. The topological polar surface area (TPSA) is 158 Å². The van der Waals surface area contributed by atoms with Gasteiger partial charge in [-0.2, -0.15) is 0 Å². The van der Waals surface area contributed by atoms with Crippen LogP contribution in [0.4, 0.5) is 0 Å². The zero-order valence-corrected chi connectivity index (χ0v) is 15.8. The molecule has 6 N–H and O–H groups in total. The van der Waals surface area contributed by atoms with Crippen LogP contribution in [0, 0.1) is 5.92 Å². The molecule has 10 nitrogen and oxygen atoms in total. The normalized spacial score (nSPS) is 46.0. The van der Waals surface area contributed by atoms with E-state index in [-0.39, 0.29) is 19.1 Å². The number of aliphatic hydroxyl groups is 6. The van der Waals surface area contributed by atoms with Gasteiger partial charge in [-0.3, -0.25) is 0 Å². The first-order valence-electron chi connectivity index (χ1n) is 9.18. The van der Waals surface area contributed by atoms with Gasteiger partial charge in [-0.1, -0.05) is 0 Å². The Kier molecular flexibility index (Phi) is 8.37. The van der Waals surface area contributed by atoms with E-state index in [4.69, 9.17) is 18.9 Å². The average Bonchev–Trinajstić information content (AvgIpc) is 2.64. The van der Waals surface area contributed by atoms with Gasteiger partial charge in [-0.25, -0.2) is 0 Å². The molecule has 10 atom stereocenters. The first-order valence-corrected chi connectivity index (χ1v) is 9.18. The zero-order chi connectivity index (χ0) is 20.3. The highest BCUT2D eigenvalue weighted by Gasteiger charge is 2.50. The lowest BCUT2D eigenvalue weighted by Gasteiger charge is -2.47. The summed E-state index contributed by atoms with van der Waals surface area (Å²) < 4.78 is 21.7. The molecule has 160 valence electrons. The average molecular weight is 396 g/mol. The van der Waals surface area contributed by atoms with Crippen LogP contribution < -0.4 is 0 Å². The number of aliphatic hydroxyl groups excluding tert-OH is 6. The van der Waals surface area contributed by atoms with E-state index in [0.29, 0.717) is 0 Å². The third kappa shape index (κ3) is 4.96. The molecule has 1 saturated heterocycles. The van der Waals surface area contributed by atoms with Crippen LogP contribution in [0.1, 0.15) is 20.3 Å². The Morgan fingerprint density at radius 1 is 0.926 bits per heavy atom. The SMILES string of the molecule is COC1OC(CO)C(OC2CC(CO)C(OC(C)C)C(O)C2O)C(O)C1O. The van der Waals surface area contributed by atoms with E-state index in [1.54, 1.807) is 13.8 Å². The Morgan fingerprint density at radius 2 is 1.56 bits per heavy atom. The maximum atomic E-state index is 10.5. The highest BCUT2D eigenvalue weighted by Crippen LogP contribution is 2.33. The lowest BCUT2D eigenvalue weighted by atomic mass is 9.80. The summed E-state index contributed by atoms with van der Waals surface area (Å²) in [7, 11) is 1.29. The summed E-state index contributed by atoms with van der Waals surface area (Å²) in [5, 5.41) is 60.5. The van der Waals surface area contributed by atoms with Crippen LogP contribution in [0.2, 0.25) is 0 Å². The van der Waals surface area contributed by atoms with Crippen LogP contribution in [0.15, 0.2) is 0 Å². The first-order chi connectivity index (χ1) is 12.7. The second kappa shape index (κ2) is 9.88. The van der Waals surface area contributed by atoms with Gasteiger partial charge in [0, 0.05) is 19.6 Å². The minimum Gasteiger partial charge on any atom is -0.396 e. The van der Waals surface area contributed by atoms with Crippen molar-refractivity contribution in [3.8, 4) is 0 Å². The first kappa shape index (κ1) is 22.9. The lowest BCUT2D eigenvalue weighted by molar-refractivity contribution is -0.316. The van der Waals surface area contributed by atoms with Gasteiger partial charge in [-0.15, -0.1) is 0 Å². The van der Waals surface area contributed by atoms with Crippen LogP contribution >= 0.6 is 0 Å². The van der Waals surface area contributed by atoms with E-state index < -0.39 is 67.6 Å². The summed E-state index contributed by atoms with van der Waals surface area (Å²) in [6.07, 6.45) is -10.6. The van der Waals surface area contributed by atoms with Crippen molar-refractivity contribution in [3.05, 3.63) is 0 Å². The maximum Gasteiger partial charge on any atom is 0.186 e. The fourth-order valence-electron chi connectivity index (χ4n) is 3.70. The van der Waals surface area contributed by atoms with Gasteiger partial charge in [0.1, 0.15) is 36.6 Å². The Bertz CT molecular complexity index is 445. The Hall–Kier alpha value is -0.400. The van der Waals surface area contributed by atoms with E-state index in [1.807, 2.05) is 0 Å². The fraction of sp³-hybridized carbons (Fsp3) is 1.00. The summed E-state index contributed by atoms with van der Waals surface area (Å²) in [5.74, 6) is -0.498. The van der Waals surface area contributed by atoms with E-state index in [9.17, 15) is 30.6 Å². The second-order valence-electron chi connectivity index (χ2n) is 7.39. The van der Waals surface area contributed by atoms with Gasteiger partial charge in [0.05, 0.1) is 24.9 Å². The highest BCUT2D eigenvalue weighted by atomic mass is 16.7.